The molecule has 0 unspecified atom stereocenters. The lowest BCUT2D eigenvalue weighted by atomic mass is 10.1. The van der Waals surface area contributed by atoms with Crippen LogP contribution in [0.15, 0.2) is 54.7 Å². The quantitative estimate of drug-likeness (QED) is 0.405. The second-order valence-electron chi connectivity index (χ2n) is 9.22. The van der Waals surface area contributed by atoms with Crippen molar-refractivity contribution in [3.05, 3.63) is 71.7 Å². The van der Waals surface area contributed by atoms with Crippen LogP contribution in [0, 0.1) is 12.8 Å². The molecule has 4 aromatic rings. The van der Waals surface area contributed by atoms with Gasteiger partial charge in [-0.3, -0.25) is 14.7 Å². The van der Waals surface area contributed by atoms with Crippen LogP contribution in [0.2, 0.25) is 0 Å². The van der Waals surface area contributed by atoms with Gasteiger partial charge in [-0.15, -0.1) is 5.10 Å². The highest BCUT2D eigenvalue weighted by Gasteiger charge is 2.31. The minimum absolute atomic E-state index is 0.0321. The molecule has 0 radical (unpaired) electrons. The van der Waals surface area contributed by atoms with E-state index in [-0.39, 0.29) is 17.9 Å². The van der Waals surface area contributed by atoms with Gasteiger partial charge in [0, 0.05) is 18.2 Å². The lowest BCUT2D eigenvalue weighted by Gasteiger charge is -2.23. The third-order valence-corrected chi connectivity index (χ3v) is 6.56. The molecule has 1 aliphatic rings. The van der Waals surface area contributed by atoms with Gasteiger partial charge in [-0.2, -0.15) is 0 Å². The highest BCUT2D eigenvalue weighted by molar-refractivity contribution is 5.70. The molecule has 0 amide bonds. The number of aryl methyl sites for hydroxylation is 1. The predicted octanol–water partition coefficient (Wildman–Crippen LogP) is 3.20. The Bertz CT molecular complexity index is 1400. The zero-order valence-corrected chi connectivity index (χ0v) is 20.2. The van der Waals surface area contributed by atoms with E-state index in [1.165, 1.54) is 0 Å². The number of nitrogen functional groups attached to an aromatic ring is 1. The Kier molecular flexibility index (Phi) is 6.43. The first-order valence-corrected chi connectivity index (χ1v) is 11.9. The summed E-state index contributed by atoms with van der Waals surface area (Å²) in [7, 11) is 0. The van der Waals surface area contributed by atoms with Crippen molar-refractivity contribution in [2.75, 3.05) is 18.8 Å². The van der Waals surface area contributed by atoms with Gasteiger partial charge in [0.05, 0.1) is 41.4 Å². The Morgan fingerprint density at radius 2 is 1.92 bits per heavy atom. The monoisotopic (exact) mass is 484 g/mol. The molecule has 1 aromatic carbocycles. The van der Waals surface area contributed by atoms with Crippen LogP contribution in [0.5, 0.6) is 0 Å². The normalized spacial score (nSPS) is 16.8. The van der Waals surface area contributed by atoms with Gasteiger partial charge in [-0.25, -0.2) is 14.6 Å². The summed E-state index contributed by atoms with van der Waals surface area (Å²) < 4.78 is 1.72. The number of aliphatic carboxylic acids is 1. The van der Waals surface area contributed by atoms with Crippen molar-refractivity contribution in [1.29, 1.82) is 0 Å². The molecular weight excluding hydrogens is 456 g/mol. The molecule has 1 saturated heterocycles. The van der Waals surface area contributed by atoms with Gasteiger partial charge in [0.15, 0.2) is 0 Å². The zero-order chi connectivity index (χ0) is 25.2. The Balaban J connectivity index is 1.33. The molecule has 1 fully saturated rings. The molecule has 0 saturated carbocycles. The van der Waals surface area contributed by atoms with Gasteiger partial charge >= 0.3 is 5.97 Å². The van der Waals surface area contributed by atoms with Crippen molar-refractivity contribution in [2.24, 2.45) is 5.92 Å². The number of rotatable bonds is 7. The number of likely N-dealkylation sites (tertiary alicyclic amines) is 1. The molecule has 10 heteroatoms. The van der Waals surface area contributed by atoms with Crippen LogP contribution in [0.4, 0.5) is 5.95 Å². The Morgan fingerprint density at radius 1 is 1.11 bits per heavy atom. The first-order valence-electron chi connectivity index (χ1n) is 11.9. The second-order valence-corrected chi connectivity index (χ2v) is 9.22. The Morgan fingerprint density at radius 3 is 2.69 bits per heavy atom. The van der Waals surface area contributed by atoms with Crippen LogP contribution in [0.3, 0.4) is 0 Å². The van der Waals surface area contributed by atoms with Crippen molar-refractivity contribution < 1.29 is 9.90 Å². The number of aromatic nitrogens is 6. The number of carbonyl (C=O) groups is 1. The van der Waals surface area contributed by atoms with Gasteiger partial charge in [-0.1, -0.05) is 35.0 Å². The number of benzene rings is 1. The molecule has 3 aromatic heterocycles. The maximum atomic E-state index is 11.3. The number of nitrogens with two attached hydrogens (primary N) is 1. The van der Waals surface area contributed by atoms with Gasteiger partial charge in [-0.05, 0) is 51.1 Å². The molecule has 0 aliphatic carbocycles. The van der Waals surface area contributed by atoms with Crippen molar-refractivity contribution in [3.63, 3.8) is 0 Å². The molecule has 3 N–H and O–H groups in total. The van der Waals surface area contributed by atoms with E-state index in [4.69, 9.17) is 10.7 Å². The van der Waals surface area contributed by atoms with Crippen LogP contribution in [0.1, 0.15) is 36.3 Å². The van der Waals surface area contributed by atoms with E-state index in [0.29, 0.717) is 30.9 Å². The molecule has 0 bridgehead atoms. The summed E-state index contributed by atoms with van der Waals surface area (Å²) >= 11 is 0. The average molecular weight is 485 g/mol. The number of nitrogens with zero attached hydrogens (tertiary/aromatic N) is 7. The largest absolute Gasteiger partial charge is 0.481 e. The fourth-order valence-corrected chi connectivity index (χ4v) is 4.55. The number of carboxylic acids is 1. The summed E-state index contributed by atoms with van der Waals surface area (Å²) in [6, 6.07) is 15.8. The molecule has 5 rings (SSSR count). The topological polar surface area (TPSA) is 136 Å². The first kappa shape index (κ1) is 23.6. The number of hydrogen-bond donors (Lipinski definition) is 2. The van der Waals surface area contributed by atoms with Crippen LogP contribution >= 0.6 is 0 Å². The van der Waals surface area contributed by atoms with Crippen LogP contribution in [0.25, 0.3) is 22.6 Å². The van der Waals surface area contributed by atoms with E-state index in [1.54, 1.807) is 4.68 Å². The van der Waals surface area contributed by atoms with E-state index < -0.39 is 5.97 Å². The van der Waals surface area contributed by atoms with Gasteiger partial charge in [0.1, 0.15) is 5.69 Å². The summed E-state index contributed by atoms with van der Waals surface area (Å²) in [5.41, 5.74) is 11.8. The SMILES string of the molecule is Cc1cccc(-c2cc(-c3cn(Cc4cccc([C@@H](C)N5CC[C@@H](C(=O)O)C5)n4)nn3)nc(N)n2)c1. The molecule has 10 nitrogen and oxygen atoms in total. The fraction of sp³-hybridized carbons (Fsp3) is 0.308. The Labute approximate surface area is 208 Å². The standard InChI is InChI=1S/C26H28N8O2/c1-16-5-3-6-18(11-16)22-12-23(30-26(27)29-22)24-15-34(32-31-24)14-20-7-4-8-21(28-20)17(2)33-10-9-19(13-33)25(35)36/h3-8,11-12,15,17,19H,9-10,13-14H2,1-2H3,(H,35,36)(H2,27,29,30)/t17-,19-/m1/s1. The minimum atomic E-state index is -0.732. The van der Waals surface area contributed by atoms with E-state index in [9.17, 15) is 9.90 Å². The third-order valence-electron chi connectivity index (χ3n) is 6.56. The van der Waals surface area contributed by atoms with Crippen molar-refractivity contribution in [3.8, 4) is 22.6 Å². The second kappa shape index (κ2) is 9.82. The molecule has 0 spiro atoms. The number of anilines is 1. The first-order chi connectivity index (χ1) is 17.4. The van der Waals surface area contributed by atoms with Crippen LogP contribution in [-0.2, 0) is 11.3 Å². The van der Waals surface area contributed by atoms with E-state index in [1.807, 2.05) is 61.7 Å². The number of carboxylic acid groups (broad SMARTS) is 1. The molecule has 4 heterocycles. The smallest absolute Gasteiger partial charge is 0.307 e. The summed E-state index contributed by atoms with van der Waals surface area (Å²) in [4.78, 5) is 27.0. The number of pyridine rings is 1. The lowest BCUT2D eigenvalue weighted by molar-refractivity contribution is -0.141. The fourth-order valence-electron chi connectivity index (χ4n) is 4.55. The molecule has 2 atom stereocenters. The van der Waals surface area contributed by atoms with Gasteiger partial charge < -0.3 is 10.8 Å². The summed E-state index contributed by atoms with van der Waals surface area (Å²) in [6.45, 7) is 5.83. The van der Waals surface area contributed by atoms with Crippen molar-refractivity contribution in [2.45, 2.75) is 32.9 Å². The van der Waals surface area contributed by atoms with E-state index in [2.05, 4.69) is 32.1 Å². The van der Waals surface area contributed by atoms with E-state index >= 15 is 0 Å². The van der Waals surface area contributed by atoms with Crippen LogP contribution < -0.4 is 5.73 Å². The Hall–Kier alpha value is -4.18. The van der Waals surface area contributed by atoms with Crippen molar-refractivity contribution in [1.82, 2.24) is 34.8 Å². The highest BCUT2D eigenvalue weighted by Crippen LogP contribution is 2.27. The molecule has 184 valence electrons. The number of hydrogen-bond acceptors (Lipinski definition) is 8. The summed E-state index contributed by atoms with van der Waals surface area (Å²) in [6.07, 6.45) is 2.48. The van der Waals surface area contributed by atoms with Gasteiger partial charge in [0.2, 0.25) is 5.95 Å². The minimum Gasteiger partial charge on any atom is -0.481 e. The maximum Gasteiger partial charge on any atom is 0.307 e. The average Bonchev–Trinajstić information content (AvgIpc) is 3.54. The zero-order valence-electron chi connectivity index (χ0n) is 20.2. The van der Waals surface area contributed by atoms with Gasteiger partial charge in [0.25, 0.3) is 0 Å². The maximum absolute atomic E-state index is 11.3. The van der Waals surface area contributed by atoms with Crippen molar-refractivity contribution >= 4 is 11.9 Å². The molecule has 36 heavy (non-hydrogen) atoms. The lowest BCUT2D eigenvalue weighted by Crippen LogP contribution is -2.27. The van der Waals surface area contributed by atoms with E-state index in [0.717, 1.165) is 34.8 Å². The predicted molar refractivity (Wildman–Crippen MR) is 135 cm³/mol. The molecular formula is C26H28N8O2. The molecule has 1 aliphatic heterocycles. The third kappa shape index (κ3) is 5.08. The highest BCUT2D eigenvalue weighted by atomic mass is 16.4. The summed E-state index contributed by atoms with van der Waals surface area (Å²) in [5.74, 6) is -0.870. The van der Waals surface area contributed by atoms with Crippen LogP contribution in [-0.4, -0.2) is 59.0 Å². The summed E-state index contributed by atoms with van der Waals surface area (Å²) in [5, 5.41) is 17.9.